The van der Waals surface area contributed by atoms with Crippen LogP contribution in [0, 0.1) is 0 Å². The van der Waals surface area contributed by atoms with E-state index in [2.05, 4.69) is 40.5 Å². The highest BCUT2D eigenvalue weighted by atomic mass is 35.5. The molecule has 0 saturated carbocycles. The summed E-state index contributed by atoms with van der Waals surface area (Å²) in [4.78, 5) is 10.0. The Balaban J connectivity index is 5.62. The maximum atomic E-state index is 12.9. The molecule has 2 N–H and O–H groups in total. The molecule has 1 amide bonds. The van der Waals surface area contributed by atoms with Gasteiger partial charge in [-0.1, -0.05) is 34.8 Å². The van der Waals surface area contributed by atoms with E-state index in [4.69, 9.17) is 0 Å². The van der Waals surface area contributed by atoms with E-state index in [-0.39, 0.29) is 0 Å². The first-order chi connectivity index (χ1) is 6.69. The van der Waals surface area contributed by atoms with Gasteiger partial charge in [-0.25, -0.2) is 8.78 Å². The van der Waals surface area contributed by atoms with Gasteiger partial charge < -0.3 is 5.73 Å². The van der Waals surface area contributed by atoms with Gasteiger partial charge >= 0.3 is 21.6 Å². The first-order valence-electron chi connectivity index (χ1n) is 3.19. The van der Waals surface area contributed by atoms with Crippen LogP contribution in [0.4, 0.5) is 26.3 Å². The maximum absolute atomic E-state index is 12.9. The number of alkyl halides is 9. The normalized spacial score (nSPS) is 18.1. The predicted octanol–water partition coefficient (Wildman–Crippen LogP) is 2.75. The lowest BCUT2D eigenvalue weighted by Gasteiger charge is -2.34. The first-order valence-corrected chi connectivity index (χ1v) is 4.33. The third-order valence-corrected chi connectivity index (χ3v) is 2.40. The SMILES string of the molecule is NC(=O)C(F)(F)C(F)(Cl)C(F)(F)C(F)(Cl)Cl. The summed E-state index contributed by atoms with van der Waals surface area (Å²) in [6.07, 6.45) is 0. The van der Waals surface area contributed by atoms with Crippen molar-refractivity contribution < 1.29 is 31.1 Å². The van der Waals surface area contributed by atoms with E-state index in [0.29, 0.717) is 0 Å². The van der Waals surface area contributed by atoms with Crippen molar-refractivity contribution in [3.05, 3.63) is 0 Å². The average molecular weight is 312 g/mol. The Labute approximate surface area is 99.6 Å². The highest BCUT2D eigenvalue weighted by Gasteiger charge is 2.79. The summed E-state index contributed by atoms with van der Waals surface area (Å²) in [7, 11) is 0. The van der Waals surface area contributed by atoms with Crippen molar-refractivity contribution >= 4 is 40.7 Å². The minimum atomic E-state index is -5.79. The Kier molecular flexibility index (Phi) is 3.97. The van der Waals surface area contributed by atoms with E-state index in [1.807, 2.05) is 0 Å². The summed E-state index contributed by atoms with van der Waals surface area (Å²) in [6, 6.07) is 0. The number of amides is 1. The number of rotatable bonds is 4. The average Bonchev–Trinajstić information content (AvgIpc) is 2.00. The highest BCUT2D eigenvalue weighted by Crippen LogP contribution is 2.56. The molecule has 0 heterocycles. The first kappa shape index (κ1) is 15.9. The fourth-order valence-corrected chi connectivity index (χ4v) is 1.11. The van der Waals surface area contributed by atoms with Crippen molar-refractivity contribution in [1.82, 2.24) is 0 Å². The lowest BCUT2D eigenvalue weighted by Crippen LogP contribution is -2.63. The van der Waals surface area contributed by atoms with Crippen LogP contribution in [0.2, 0.25) is 0 Å². The molecule has 2 nitrogen and oxygen atoms in total. The number of hydrogen-bond donors (Lipinski definition) is 1. The molecule has 0 fully saturated rings. The Morgan fingerprint density at radius 3 is 1.44 bits per heavy atom. The summed E-state index contributed by atoms with van der Waals surface area (Å²) in [5.74, 6) is -14.2. The second-order valence-corrected chi connectivity index (χ2v) is 4.34. The van der Waals surface area contributed by atoms with Crippen LogP contribution in [0.1, 0.15) is 0 Å². The molecule has 0 aliphatic rings. The molecular weight excluding hydrogens is 310 g/mol. The highest BCUT2D eigenvalue weighted by molar-refractivity contribution is 6.48. The smallest absolute Gasteiger partial charge is 0.364 e. The maximum Gasteiger partial charge on any atom is 0.377 e. The molecule has 0 saturated heterocycles. The number of carbonyl (C=O) groups is 1. The van der Waals surface area contributed by atoms with Gasteiger partial charge in [-0.15, -0.1) is 0 Å². The molecule has 1 atom stereocenters. The fourth-order valence-electron chi connectivity index (χ4n) is 0.530. The molecule has 0 aromatic heterocycles. The zero-order valence-electron chi connectivity index (χ0n) is 6.89. The zero-order chi connectivity index (χ0) is 13.6. The molecular formula is C5H2Cl3F6NO. The van der Waals surface area contributed by atoms with E-state index in [1.165, 1.54) is 0 Å². The van der Waals surface area contributed by atoms with Crippen LogP contribution < -0.4 is 5.73 Å². The molecule has 96 valence electrons. The van der Waals surface area contributed by atoms with Gasteiger partial charge in [0.15, 0.2) is 0 Å². The zero-order valence-corrected chi connectivity index (χ0v) is 9.16. The summed E-state index contributed by atoms with van der Waals surface area (Å²) in [6.45, 7) is 0. The van der Waals surface area contributed by atoms with Crippen LogP contribution in [0.3, 0.4) is 0 Å². The molecule has 0 rings (SSSR count). The van der Waals surface area contributed by atoms with Gasteiger partial charge in [0.25, 0.3) is 5.91 Å². The molecule has 0 aliphatic carbocycles. The molecule has 0 spiro atoms. The van der Waals surface area contributed by atoms with Gasteiger partial charge in [-0.2, -0.15) is 17.6 Å². The van der Waals surface area contributed by atoms with Crippen molar-refractivity contribution in [3.63, 3.8) is 0 Å². The lowest BCUT2D eigenvalue weighted by atomic mass is 10.1. The molecule has 0 bridgehead atoms. The van der Waals surface area contributed by atoms with E-state index >= 15 is 0 Å². The third-order valence-electron chi connectivity index (χ3n) is 1.45. The minimum absolute atomic E-state index is 2.83. The third kappa shape index (κ3) is 2.14. The fraction of sp³-hybridized carbons (Fsp3) is 0.800. The van der Waals surface area contributed by atoms with Crippen LogP contribution in [-0.2, 0) is 4.79 Å². The summed E-state index contributed by atoms with van der Waals surface area (Å²) >= 11 is 12.4. The van der Waals surface area contributed by atoms with E-state index in [9.17, 15) is 31.1 Å². The number of carbonyl (C=O) groups excluding carboxylic acids is 1. The van der Waals surface area contributed by atoms with Crippen LogP contribution in [-0.4, -0.2) is 27.5 Å². The van der Waals surface area contributed by atoms with Crippen molar-refractivity contribution in [2.45, 2.75) is 21.6 Å². The van der Waals surface area contributed by atoms with Crippen molar-refractivity contribution in [2.24, 2.45) is 5.73 Å². The van der Waals surface area contributed by atoms with Crippen molar-refractivity contribution in [1.29, 1.82) is 0 Å². The van der Waals surface area contributed by atoms with Crippen LogP contribution >= 0.6 is 34.8 Å². The van der Waals surface area contributed by atoms with E-state index < -0.39 is 27.5 Å². The van der Waals surface area contributed by atoms with Crippen LogP contribution in [0.25, 0.3) is 0 Å². The number of primary amides is 1. The Bertz CT molecular complexity index is 301. The van der Waals surface area contributed by atoms with Crippen LogP contribution in [0.5, 0.6) is 0 Å². The van der Waals surface area contributed by atoms with Gasteiger partial charge in [0.2, 0.25) is 0 Å². The van der Waals surface area contributed by atoms with Crippen LogP contribution in [0.15, 0.2) is 0 Å². The van der Waals surface area contributed by atoms with Crippen molar-refractivity contribution in [3.8, 4) is 0 Å². The van der Waals surface area contributed by atoms with Gasteiger partial charge in [0.05, 0.1) is 0 Å². The number of nitrogens with two attached hydrogens (primary N) is 1. The number of hydrogen-bond acceptors (Lipinski definition) is 1. The Morgan fingerprint density at radius 1 is 0.938 bits per heavy atom. The van der Waals surface area contributed by atoms with Gasteiger partial charge in [0, 0.05) is 0 Å². The Morgan fingerprint density at radius 2 is 1.25 bits per heavy atom. The topological polar surface area (TPSA) is 43.1 Å². The molecule has 0 aromatic rings. The predicted molar refractivity (Wildman–Crippen MR) is 44.3 cm³/mol. The van der Waals surface area contributed by atoms with Gasteiger partial charge in [-0.3, -0.25) is 4.79 Å². The second-order valence-electron chi connectivity index (χ2n) is 2.59. The summed E-state index contributed by atoms with van der Waals surface area (Å²) in [5.41, 5.74) is 3.94. The molecule has 11 heteroatoms. The van der Waals surface area contributed by atoms with E-state index in [0.717, 1.165) is 0 Å². The molecule has 0 aliphatic heterocycles. The minimum Gasteiger partial charge on any atom is -0.364 e. The molecule has 0 radical (unpaired) electrons. The molecule has 1 unspecified atom stereocenters. The largest absolute Gasteiger partial charge is 0.377 e. The number of halogens is 9. The van der Waals surface area contributed by atoms with E-state index in [1.54, 1.807) is 0 Å². The monoisotopic (exact) mass is 311 g/mol. The van der Waals surface area contributed by atoms with Gasteiger partial charge in [-0.05, 0) is 0 Å². The standard InChI is InChI=1S/C5H2Cl3F6NO/c6-3(11,2(9,10)1(15)16)4(12,13)5(7,8)14/h(H2,15,16). The summed E-state index contributed by atoms with van der Waals surface area (Å²) in [5, 5.41) is -5.51. The second kappa shape index (κ2) is 3.99. The van der Waals surface area contributed by atoms with Gasteiger partial charge in [0.1, 0.15) is 0 Å². The lowest BCUT2D eigenvalue weighted by molar-refractivity contribution is -0.221. The molecule has 0 aromatic carbocycles. The summed E-state index contributed by atoms with van der Waals surface area (Å²) < 4.78 is 71.3. The molecule has 16 heavy (non-hydrogen) atoms. The van der Waals surface area contributed by atoms with Crippen molar-refractivity contribution in [2.75, 3.05) is 0 Å². The quantitative estimate of drug-likeness (QED) is 0.629. The Hall–Kier alpha value is -0.0800.